The van der Waals surface area contributed by atoms with Gasteiger partial charge in [0.2, 0.25) is 5.91 Å². The summed E-state index contributed by atoms with van der Waals surface area (Å²) in [6.07, 6.45) is 0. The van der Waals surface area contributed by atoms with E-state index in [2.05, 4.69) is 0 Å². The van der Waals surface area contributed by atoms with E-state index >= 15 is 0 Å². The van der Waals surface area contributed by atoms with Crippen LogP contribution in [-0.2, 0) is 11.3 Å². The Labute approximate surface area is 124 Å². The second-order valence-electron chi connectivity index (χ2n) is 4.86. The highest BCUT2D eigenvalue weighted by Gasteiger charge is 2.22. The van der Waals surface area contributed by atoms with Gasteiger partial charge in [-0.3, -0.25) is 4.79 Å². The average Bonchev–Trinajstić information content (AvgIpc) is 2.55. The highest BCUT2D eigenvalue weighted by Crippen LogP contribution is 2.15. The van der Waals surface area contributed by atoms with Crippen molar-refractivity contribution in [3.63, 3.8) is 0 Å². The van der Waals surface area contributed by atoms with Crippen molar-refractivity contribution in [2.24, 2.45) is 5.73 Å². The smallest absolute Gasteiger partial charge is 0.244 e. The molecule has 0 heterocycles. The first-order chi connectivity index (χ1) is 10.2. The van der Waals surface area contributed by atoms with Gasteiger partial charge in [0.15, 0.2) is 0 Å². The van der Waals surface area contributed by atoms with Gasteiger partial charge >= 0.3 is 0 Å². The molecule has 4 heteroatoms. The molecule has 1 unspecified atom stereocenters. The molecule has 0 saturated carbocycles. The second kappa shape index (κ2) is 7.57. The van der Waals surface area contributed by atoms with Crippen LogP contribution in [-0.4, -0.2) is 29.1 Å². The van der Waals surface area contributed by atoms with Gasteiger partial charge in [0.25, 0.3) is 0 Å². The third-order valence-corrected chi connectivity index (χ3v) is 3.32. The van der Waals surface area contributed by atoms with Gasteiger partial charge in [-0.25, -0.2) is 0 Å². The molecule has 0 radical (unpaired) electrons. The van der Waals surface area contributed by atoms with Crippen molar-refractivity contribution in [2.75, 3.05) is 13.2 Å². The topological polar surface area (TPSA) is 66.6 Å². The summed E-state index contributed by atoms with van der Waals surface area (Å²) >= 11 is 0. The maximum atomic E-state index is 12.5. The average molecular weight is 284 g/mol. The van der Waals surface area contributed by atoms with Crippen LogP contribution in [0.5, 0.6) is 0 Å². The van der Waals surface area contributed by atoms with Gasteiger partial charge in [0.1, 0.15) is 6.04 Å². The Bertz CT molecular complexity index is 558. The van der Waals surface area contributed by atoms with Crippen LogP contribution in [0.2, 0.25) is 0 Å². The minimum absolute atomic E-state index is 0.0833. The van der Waals surface area contributed by atoms with Gasteiger partial charge in [-0.05, 0) is 11.1 Å². The van der Waals surface area contributed by atoms with Gasteiger partial charge in [0.05, 0.1) is 6.61 Å². The minimum Gasteiger partial charge on any atom is -0.395 e. The maximum absolute atomic E-state index is 12.5. The molecule has 110 valence electrons. The van der Waals surface area contributed by atoms with E-state index in [0.29, 0.717) is 6.54 Å². The van der Waals surface area contributed by atoms with E-state index in [0.717, 1.165) is 11.1 Å². The number of nitrogens with two attached hydrogens (primary N) is 1. The van der Waals surface area contributed by atoms with E-state index in [-0.39, 0.29) is 19.1 Å². The van der Waals surface area contributed by atoms with Crippen molar-refractivity contribution < 1.29 is 9.90 Å². The molecule has 0 aromatic heterocycles. The molecule has 3 N–H and O–H groups in total. The zero-order valence-electron chi connectivity index (χ0n) is 11.9. The quantitative estimate of drug-likeness (QED) is 0.848. The molecule has 0 aliphatic rings. The Kier molecular flexibility index (Phi) is 5.49. The molecule has 0 fully saturated rings. The van der Waals surface area contributed by atoms with Gasteiger partial charge in [-0.2, -0.15) is 0 Å². The van der Waals surface area contributed by atoms with E-state index < -0.39 is 6.04 Å². The molecular weight excluding hydrogens is 264 g/mol. The monoisotopic (exact) mass is 284 g/mol. The number of carbonyl (C=O) groups is 1. The summed E-state index contributed by atoms with van der Waals surface area (Å²) in [6.45, 7) is 0.634. The number of rotatable bonds is 6. The van der Waals surface area contributed by atoms with E-state index in [1.165, 1.54) is 0 Å². The minimum atomic E-state index is -0.707. The molecule has 2 aromatic rings. The van der Waals surface area contributed by atoms with Crippen molar-refractivity contribution in [2.45, 2.75) is 12.6 Å². The summed E-state index contributed by atoms with van der Waals surface area (Å²) in [5.74, 6) is -0.181. The summed E-state index contributed by atoms with van der Waals surface area (Å²) in [7, 11) is 0. The summed E-state index contributed by atoms with van der Waals surface area (Å²) in [5, 5.41) is 9.18. The lowest BCUT2D eigenvalue weighted by molar-refractivity contribution is -0.133. The van der Waals surface area contributed by atoms with Crippen LogP contribution < -0.4 is 5.73 Å². The third kappa shape index (κ3) is 4.15. The first-order valence-corrected chi connectivity index (χ1v) is 6.96. The molecule has 1 amide bonds. The fourth-order valence-electron chi connectivity index (χ4n) is 2.19. The van der Waals surface area contributed by atoms with Gasteiger partial charge in [-0.15, -0.1) is 0 Å². The summed E-state index contributed by atoms with van der Waals surface area (Å²) in [6, 6.07) is 18.2. The van der Waals surface area contributed by atoms with E-state index in [1.54, 1.807) is 4.90 Å². The zero-order chi connectivity index (χ0) is 15.1. The van der Waals surface area contributed by atoms with Crippen LogP contribution in [0.25, 0.3) is 0 Å². The van der Waals surface area contributed by atoms with Gasteiger partial charge < -0.3 is 15.7 Å². The Hall–Kier alpha value is -2.17. The number of aliphatic hydroxyl groups is 1. The maximum Gasteiger partial charge on any atom is 0.244 e. The van der Waals surface area contributed by atoms with E-state index in [1.807, 2.05) is 60.7 Å². The van der Waals surface area contributed by atoms with E-state index in [4.69, 9.17) is 5.73 Å². The molecule has 0 bridgehead atoms. The predicted octanol–water partition coefficient (Wildman–Crippen LogP) is 1.71. The molecule has 0 aliphatic heterocycles. The van der Waals surface area contributed by atoms with Crippen LogP contribution in [0.3, 0.4) is 0 Å². The van der Waals surface area contributed by atoms with Crippen molar-refractivity contribution >= 4 is 5.91 Å². The Morgan fingerprint density at radius 3 is 2.19 bits per heavy atom. The van der Waals surface area contributed by atoms with Crippen molar-refractivity contribution in [1.29, 1.82) is 0 Å². The summed E-state index contributed by atoms with van der Waals surface area (Å²) < 4.78 is 0. The normalized spacial score (nSPS) is 11.9. The SMILES string of the molecule is NC(C(=O)N(CCO)Cc1ccccc1)c1ccccc1. The number of carbonyl (C=O) groups excluding carboxylic acids is 1. The standard InChI is InChI=1S/C17H20N2O2/c18-16(15-9-5-2-6-10-15)17(21)19(11-12-20)13-14-7-3-1-4-8-14/h1-10,16,20H,11-13,18H2. The van der Waals surface area contributed by atoms with Crippen molar-refractivity contribution in [3.05, 3.63) is 71.8 Å². The molecular formula is C17H20N2O2. The van der Waals surface area contributed by atoms with E-state index in [9.17, 15) is 9.90 Å². The van der Waals surface area contributed by atoms with Gasteiger partial charge in [-0.1, -0.05) is 60.7 Å². The molecule has 0 spiro atoms. The molecule has 0 saturated heterocycles. The van der Waals surface area contributed by atoms with Crippen LogP contribution in [0, 0.1) is 0 Å². The first kappa shape index (κ1) is 15.2. The first-order valence-electron chi connectivity index (χ1n) is 6.96. The number of amides is 1. The lowest BCUT2D eigenvalue weighted by Crippen LogP contribution is -2.39. The van der Waals surface area contributed by atoms with Crippen LogP contribution in [0.4, 0.5) is 0 Å². The van der Waals surface area contributed by atoms with Crippen LogP contribution in [0.1, 0.15) is 17.2 Å². The number of benzene rings is 2. The molecule has 4 nitrogen and oxygen atoms in total. The zero-order valence-corrected chi connectivity index (χ0v) is 11.9. The third-order valence-electron chi connectivity index (χ3n) is 3.32. The summed E-state index contributed by atoms with van der Waals surface area (Å²) in [5.41, 5.74) is 7.84. The molecule has 0 aliphatic carbocycles. The fraction of sp³-hybridized carbons (Fsp3) is 0.235. The predicted molar refractivity (Wildman–Crippen MR) is 82.3 cm³/mol. The Morgan fingerprint density at radius 2 is 1.62 bits per heavy atom. The number of aliphatic hydroxyl groups excluding tert-OH is 1. The second-order valence-corrected chi connectivity index (χ2v) is 4.86. The Balaban J connectivity index is 2.12. The highest BCUT2D eigenvalue weighted by molar-refractivity contribution is 5.83. The van der Waals surface area contributed by atoms with Crippen LogP contribution in [0.15, 0.2) is 60.7 Å². The Morgan fingerprint density at radius 1 is 1.05 bits per heavy atom. The van der Waals surface area contributed by atoms with Crippen molar-refractivity contribution in [1.82, 2.24) is 4.90 Å². The molecule has 21 heavy (non-hydrogen) atoms. The number of hydrogen-bond donors (Lipinski definition) is 2. The lowest BCUT2D eigenvalue weighted by Gasteiger charge is -2.25. The molecule has 1 atom stereocenters. The lowest BCUT2D eigenvalue weighted by atomic mass is 10.1. The van der Waals surface area contributed by atoms with Crippen LogP contribution >= 0.6 is 0 Å². The molecule has 2 rings (SSSR count). The highest BCUT2D eigenvalue weighted by atomic mass is 16.3. The number of nitrogens with zero attached hydrogens (tertiary/aromatic N) is 1. The fourth-order valence-corrected chi connectivity index (χ4v) is 2.19. The van der Waals surface area contributed by atoms with Crippen molar-refractivity contribution in [3.8, 4) is 0 Å². The largest absolute Gasteiger partial charge is 0.395 e. The summed E-state index contributed by atoms with van der Waals surface area (Å²) in [4.78, 5) is 14.1. The number of hydrogen-bond acceptors (Lipinski definition) is 3. The van der Waals surface area contributed by atoms with Gasteiger partial charge in [0, 0.05) is 13.1 Å². The molecule has 2 aromatic carbocycles.